The van der Waals surface area contributed by atoms with Gasteiger partial charge in [0.2, 0.25) is 0 Å². The monoisotopic (exact) mass is 250 g/mol. The van der Waals surface area contributed by atoms with Gasteiger partial charge in [-0.1, -0.05) is 23.7 Å². The van der Waals surface area contributed by atoms with Gasteiger partial charge in [-0.2, -0.15) is 0 Å². The highest BCUT2D eigenvalue weighted by atomic mass is 35.5. The van der Waals surface area contributed by atoms with E-state index in [0.29, 0.717) is 17.4 Å². The molecule has 0 spiro atoms. The number of halogens is 1. The molecule has 3 nitrogen and oxygen atoms in total. The fraction of sp³-hybridized carbons (Fsp3) is 0.308. The third-order valence-electron chi connectivity index (χ3n) is 2.65. The second kappa shape index (κ2) is 5.23. The topological polar surface area (TPSA) is 27.1 Å². The van der Waals surface area contributed by atoms with Crippen LogP contribution in [0.3, 0.4) is 0 Å². The Morgan fingerprint density at radius 1 is 1.35 bits per heavy atom. The third kappa shape index (κ3) is 2.61. The Morgan fingerprint density at radius 3 is 2.82 bits per heavy atom. The molecule has 90 valence electrons. The average Bonchev–Trinajstić information content (AvgIpc) is 2.69. The van der Waals surface area contributed by atoms with Crippen LogP contribution in [0.1, 0.15) is 18.4 Å². The Bertz CT molecular complexity index is 508. The van der Waals surface area contributed by atoms with Crippen molar-refractivity contribution in [1.29, 1.82) is 0 Å². The van der Waals surface area contributed by atoms with Gasteiger partial charge < -0.3 is 9.30 Å². The highest BCUT2D eigenvalue weighted by molar-refractivity contribution is 6.32. The van der Waals surface area contributed by atoms with Crippen LogP contribution in [-0.2, 0) is 13.2 Å². The fourth-order valence-corrected chi connectivity index (χ4v) is 1.95. The van der Waals surface area contributed by atoms with Crippen LogP contribution < -0.4 is 4.74 Å². The maximum atomic E-state index is 6.02. The van der Waals surface area contributed by atoms with Crippen molar-refractivity contribution < 1.29 is 4.74 Å². The summed E-state index contributed by atoms with van der Waals surface area (Å²) in [6.45, 7) is 5.46. The second-order valence-electron chi connectivity index (χ2n) is 3.78. The molecule has 0 aliphatic rings. The van der Waals surface area contributed by atoms with Crippen molar-refractivity contribution in [3.63, 3.8) is 0 Å². The molecule has 0 saturated carbocycles. The predicted molar refractivity (Wildman–Crippen MR) is 68.4 cm³/mol. The van der Waals surface area contributed by atoms with E-state index in [4.69, 9.17) is 16.3 Å². The Labute approximate surface area is 106 Å². The largest absolute Gasteiger partial charge is 0.484 e. The average molecular weight is 251 g/mol. The lowest BCUT2D eigenvalue weighted by Gasteiger charge is -2.09. The van der Waals surface area contributed by atoms with Gasteiger partial charge in [0.25, 0.3) is 0 Å². The molecule has 0 bridgehead atoms. The first-order valence-electron chi connectivity index (χ1n) is 5.60. The molecule has 1 aromatic heterocycles. The van der Waals surface area contributed by atoms with E-state index in [1.807, 2.05) is 37.4 Å². The first kappa shape index (κ1) is 12.0. The normalized spacial score (nSPS) is 10.5. The van der Waals surface area contributed by atoms with Crippen molar-refractivity contribution in [2.24, 2.45) is 0 Å². The van der Waals surface area contributed by atoms with Gasteiger partial charge in [-0.3, -0.25) is 0 Å². The number of aryl methyl sites for hydroxylation is 1. The number of rotatable bonds is 4. The van der Waals surface area contributed by atoms with Gasteiger partial charge >= 0.3 is 0 Å². The predicted octanol–water partition coefficient (Wildman–Crippen LogP) is 3.44. The van der Waals surface area contributed by atoms with E-state index in [1.54, 1.807) is 0 Å². The molecule has 0 fully saturated rings. The smallest absolute Gasteiger partial charge is 0.146 e. The van der Waals surface area contributed by atoms with Gasteiger partial charge in [0.05, 0.1) is 5.02 Å². The van der Waals surface area contributed by atoms with E-state index in [2.05, 4.69) is 16.5 Å². The Morgan fingerprint density at radius 2 is 2.12 bits per heavy atom. The summed E-state index contributed by atoms with van der Waals surface area (Å²) in [5, 5.41) is 0.624. The minimum Gasteiger partial charge on any atom is -0.484 e. The zero-order valence-corrected chi connectivity index (χ0v) is 10.7. The van der Waals surface area contributed by atoms with E-state index in [0.717, 1.165) is 18.1 Å². The van der Waals surface area contributed by atoms with E-state index < -0.39 is 0 Å². The molecular weight excluding hydrogens is 236 g/mol. The van der Waals surface area contributed by atoms with Gasteiger partial charge in [0.15, 0.2) is 0 Å². The number of para-hydroxylation sites is 1. The molecule has 0 unspecified atom stereocenters. The van der Waals surface area contributed by atoms with Crippen LogP contribution in [0, 0.1) is 6.92 Å². The number of ether oxygens (including phenoxy) is 1. The minimum absolute atomic E-state index is 0.436. The SMILES string of the molecule is CCn1c(C)cnc1COc1ccccc1Cl. The van der Waals surface area contributed by atoms with Crippen LogP contribution in [-0.4, -0.2) is 9.55 Å². The summed E-state index contributed by atoms with van der Waals surface area (Å²) in [5.74, 6) is 1.61. The molecule has 4 heteroatoms. The fourth-order valence-electron chi connectivity index (χ4n) is 1.76. The van der Waals surface area contributed by atoms with E-state index >= 15 is 0 Å². The lowest BCUT2D eigenvalue weighted by molar-refractivity contribution is 0.289. The summed E-state index contributed by atoms with van der Waals surface area (Å²) >= 11 is 6.02. The minimum atomic E-state index is 0.436. The number of hydrogen-bond acceptors (Lipinski definition) is 2. The van der Waals surface area contributed by atoms with Crippen LogP contribution in [0.15, 0.2) is 30.5 Å². The number of aromatic nitrogens is 2. The Kier molecular flexibility index (Phi) is 3.69. The van der Waals surface area contributed by atoms with Crippen molar-refractivity contribution in [3.8, 4) is 5.75 Å². The number of imidazole rings is 1. The lowest BCUT2D eigenvalue weighted by Crippen LogP contribution is -2.07. The van der Waals surface area contributed by atoms with Crippen LogP contribution in [0.5, 0.6) is 5.75 Å². The lowest BCUT2D eigenvalue weighted by atomic mass is 10.3. The second-order valence-corrected chi connectivity index (χ2v) is 4.19. The van der Waals surface area contributed by atoms with Gasteiger partial charge in [-0.15, -0.1) is 0 Å². The van der Waals surface area contributed by atoms with Gasteiger partial charge in [-0.05, 0) is 26.0 Å². The highest BCUT2D eigenvalue weighted by Gasteiger charge is 2.07. The molecule has 2 aromatic rings. The standard InChI is InChI=1S/C13H15ClN2O/c1-3-16-10(2)8-15-13(16)9-17-12-7-5-4-6-11(12)14/h4-8H,3,9H2,1-2H3. The summed E-state index contributed by atoms with van der Waals surface area (Å²) < 4.78 is 7.79. The maximum Gasteiger partial charge on any atom is 0.146 e. The molecule has 0 radical (unpaired) electrons. The van der Waals surface area contributed by atoms with Gasteiger partial charge in [0, 0.05) is 18.4 Å². The Hall–Kier alpha value is -1.48. The molecule has 0 amide bonds. The molecule has 0 aliphatic heterocycles. The molecule has 1 aromatic carbocycles. The molecule has 0 atom stereocenters. The summed E-state index contributed by atoms with van der Waals surface area (Å²) in [4.78, 5) is 4.33. The van der Waals surface area contributed by atoms with Crippen LogP contribution in [0.25, 0.3) is 0 Å². The van der Waals surface area contributed by atoms with Crippen molar-refractivity contribution in [2.75, 3.05) is 0 Å². The first-order chi connectivity index (χ1) is 8.22. The summed E-state index contributed by atoms with van der Waals surface area (Å²) in [5.41, 5.74) is 1.14. The molecular formula is C13H15ClN2O. The summed E-state index contributed by atoms with van der Waals surface area (Å²) in [6.07, 6.45) is 1.86. The molecule has 17 heavy (non-hydrogen) atoms. The maximum absolute atomic E-state index is 6.02. The zero-order valence-electron chi connectivity index (χ0n) is 9.98. The van der Waals surface area contributed by atoms with Crippen molar-refractivity contribution >= 4 is 11.6 Å². The number of benzene rings is 1. The molecule has 1 heterocycles. The summed E-state index contributed by atoms with van der Waals surface area (Å²) in [6, 6.07) is 7.45. The van der Waals surface area contributed by atoms with Gasteiger partial charge in [0.1, 0.15) is 18.2 Å². The van der Waals surface area contributed by atoms with E-state index in [1.165, 1.54) is 0 Å². The van der Waals surface area contributed by atoms with Crippen LogP contribution in [0.4, 0.5) is 0 Å². The first-order valence-corrected chi connectivity index (χ1v) is 5.98. The zero-order chi connectivity index (χ0) is 12.3. The quantitative estimate of drug-likeness (QED) is 0.831. The van der Waals surface area contributed by atoms with Gasteiger partial charge in [-0.25, -0.2) is 4.98 Å². The number of nitrogens with zero attached hydrogens (tertiary/aromatic N) is 2. The highest BCUT2D eigenvalue weighted by Crippen LogP contribution is 2.24. The van der Waals surface area contributed by atoms with Crippen molar-refractivity contribution in [2.45, 2.75) is 27.0 Å². The van der Waals surface area contributed by atoms with Crippen molar-refractivity contribution in [3.05, 3.63) is 47.0 Å². The van der Waals surface area contributed by atoms with E-state index in [9.17, 15) is 0 Å². The van der Waals surface area contributed by atoms with Crippen LogP contribution in [0.2, 0.25) is 5.02 Å². The number of hydrogen-bond donors (Lipinski definition) is 0. The molecule has 0 N–H and O–H groups in total. The molecule has 0 aliphatic carbocycles. The third-order valence-corrected chi connectivity index (χ3v) is 2.96. The van der Waals surface area contributed by atoms with Crippen molar-refractivity contribution in [1.82, 2.24) is 9.55 Å². The summed E-state index contributed by atoms with van der Waals surface area (Å²) in [7, 11) is 0. The molecule has 0 saturated heterocycles. The van der Waals surface area contributed by atoms with E-state index in [-0.39, 0.29) is 0 Å². The molecule has 2 rings (SSSR count). The Balaban J connectivity index is 2.10. The van der Waals surface area contributed by atoms with Crippen LogP contribution >= 0.6 is 11.6 Å².